The smallest absolute Gasteiger partial charge is 0.186 e. The molecule has 0 radical (unpaired) electrons. The molecule has 4 aromatic heterocycles. The van der Waals surface area contributed by atoms with Crippen LogP contribution in [0.2, 0.25) is 0 Å². The average molecular weight is 325 g/mol. The molecular weight excluding hydrogens is 310 g/mol. The third kappa shape index (κ3) is 2.93. The zero-order valence-electron chi connectivity index (χ0n) is 12.3. The lowest BCUT2D eigenvalue weighted by molar-refractivity contribution is 0.659. The first-order chi connectivity index (χ1) is 11.4. The summed E-state index contributed by atoms with van der Waals surface area (Å²) in [5.74, 6) is 1.59. The molecule has 0 atom stereocenters. The monoisotopic (exact) mass is 325 g/mol. The molecule has 4 heterocycles. The molecule has 0 fully saturated rings. The summed E-state index contributed by atoms with van der Waals surface area (Å²) in [6, 6.07) is 5.88. The van der Waals surface area contributed by atoms with Crippen LogP contribution in [0.4, 0.5) is 5.82 Å². The molecule has 23 heavy (non-hydrogen) atoms. The maximum Gasteiger partial charge on any atom is 0.186 e. The van der Waals surface area contributed by atoms with Crippen LogP contribution in [-0.2, 0) is 6.54 Å². The minimum Gasteiger partial charge on any atom is -0.369 e. The maximum atomic E-state index is 4.59. The van der Waals surface area contributed by atoms with Crippen molar-refractivity contribution in [2.24, 2.45) is 0 Å². The van der Waals surface area contributed by atoms with E-state index in [1.54, 1.807) is 22.0 Å². The van der Waals surface area contributed by atoms with Gasteiger partial charge in [0.2, 0.25) is 0 Å². The Bertz CT molecular complexity index is 880. The number of rotatable bonds is 6. The second-order valence-electron chi connectivity index (χ2n) is 5.11. The fourth-order valence-electron chi connectivity index (χ4n) is 2.35. The van der Waals surface area contributed by atoms with E-state index in [0.29, 0.717) is 0 Å². The van der Waals surface area contributed by atoms with Gasteiger partial charge in [-0.2, -0.15) is 15.9 Å². The second kappa shape index (κ2) is 6.17. The summed E-state index contributed by atoms with van der Waals surface area (Å²) in [5.41, 5.74) is 1.78. The van der Waals surface area contributed by atoms with E-state index in [-0.39, 0.29) is 0 Å². The molecule has 0 aliphatic rings. The van der Waals surface area contributed by atoms with Crippen molar-refractivity contribution >= 4 is 22.8 Å². The molecule has 0 amide bonds. The van der Waals surface area contributed by atoms with Crippen molar-refractivity contribution in [1.29, 1.82) is 0 Å². The van der Waals surface area contributed by atoms with E-state index in [1.165, 1.54) is 0 Å². The molecule has 0 saturated heterocycles. The molecule has 116 valence electrons. The van der Waals surface area contributed by atoms with Gasteiger partial charge in [0.05, 0.1) is 6.33 Å². The Hall–Kier alpha value is -2.74. The standard InChI is InChI=1S/C15H15N7S/c1(7-21-8-6-16-11-21)5-17-13-2-3-14-18-19-15(22(14)20-13)12-4-9-23-10-12/h2-4,6,8-11H,1,5,7H2,(H,17,20). The van der Waals surface area contributed by atoms with E-state index in [1.807, 2.05) is 41.5 Å². The Morgan fingerprint density at radius 3 is 3.00 bits per heavy atom. The molecule has 0 aliphatic heterocycles. The molecule has 0 aromatic carbocycles. The molecule has 0 unspecified atom stereocenters. The highest BCUT2D eigenvalue weighted by molar-refractivity contribution is 7.08. The van der Waals surface area contributed by atoms with Gasteiger partial charge in [-0.3, -0.25) is 0 Å². The first-order valence-corrected chi connectivity index (χ1v) is 8.29. The van der Waals surface area contributed by atoms with Crippen molar-refractivity contribution < 1.29 is 0 Å². The van der Waals surface area contributed by atoms with Crippen molar-refractivity contribution in [1.82, 2.24) is 29.4 Å². The molecule has 8 heteroatoms. The highest BCUT2D eigenvalue weighted by Gasteiger charge is 2.10. The van der Waals surface area contributed by atoms with E-state index in [0.717, 1.165) is 42.4 Å². The predicted octanol–water partition coefficient (Wildman–Crippen LogP) is 2.55. The topological polar surface area (TPSA) is 72.9 Å². The number of nitrogens with one attached hydrogen (secondary N) is 1. The number of fused-ring (bicyclic) bond motifs is 1. The first kappa shape index (κ1) is 13.9. The van der Waals surface area contributed by atoms with Gasteiger partial charge in [0.25, 0.3) is 0 Å². The van der Waals surface area contributed by atoms with E-state index in [4.69, 9.17) is 0 Å². The summed E-state index contributed by atoms with van der Waals surface area (Å²) < 4.78 is 3.84. The molecule has 0 spiro atoms. The molecule has 7 nitrogen and oxygen atoms in total. The summed E-state index contributed by atoms with van der Waals surface area (Å²) in [6.45, 7) is 1.77. The van der Waals surface area contributed by atoms with E-state index < -0.39 is 0 Å². The van der Waals surface area contributed by atoms with Crippen molar-refractivity contribution in [3.63, 3.8) is 0 Å². The van der Waals surface area contributed by atoms with Gasteiger partial charge in [-0.1, -0.05) is 0 Å². The van der Waals surface area contributed by atoms with Gasteiger partial charge in [0.1, 0.15) is 5.82 Å². The molecular formula is C15H15N7S. The van der Waals surface area contributed by atoms with Gasteiger partial charge in [-0.15, -0.1) is 15.3 Å². The molecule has 4 aromatic rings. The molecule has 4 rings (SSSR count). The number of thiophene rings is 1. The Labute approximate surface area is 136 Å². The maximum absolute atomic E-state index is 4.59. The Kier molecular flexibility index (Phi) is 3.73. The Morgan fingerprint density at radius 1 is 1.17 bits per heavy atom. The highest BCUT2D eigenvalue weighted by Crippen LogP contribution is 2.20. The molecule has 0 bridgehead atoms. The summed E-state index contributed by atoms with van der Waals surface area (Å²) in [6.07, 6.45) is 6.58. The van der Waals surface area contributed by atoms with Crippen LogP contribution < -0.4 is 5.32 Å². The average Bonchev–Trinajstić information content (AvgIpc) is 3.31. The molecule has 0 aliphatic carbocycles. The lowest BCUT2D eigenvalue weighted by Crippen LogP contribution is -2.08. The van der Waals surface area contributed by atoms with Crippen molar-refractivity contribution in [3.05, 3.63) is 47.7 Å². The largest absolute Gasteiger partial charge is 0.369 e. The van der Waals surface area contributed by atoms with Gasteiger partial charge < -0.3 is 9.88 Å². The lowest BCUT2D eigenvalue weighted by Gasteiger charge is -2.06. The third-order valence-electron chi connectivity index (χ3n) is 3.50. The van der Waals surface area contributed by atoms with Gasteiger partial charge in [-0.25, -0.2) is 4.98 Å². The van der Waals surface area contributed by atoms with Crippen LogP contribution in [-0.4, -0.2) is 35.9 Å². The number of hydrogen-bond donors (Lipinski definition) is 1. The van der Waals surface area contributed by atoms with Gasteiger partial charge in [0.15, 0.2) is 11.5 Å². The minimum atomic E-state index is 0.746. The summed E-state index contributed by atoms with van der Waals surface area (Å²) in [5, 5.41) is 20.4. The number of anilines is 1. The van der Waals surface area contributed by atoms with E-state index in [2.05, 4.69) is 30.2 Å². The number of imidazole rings is 1. The number of hydrogen-bond acceptors (Lipinski definition) is 6. The number of aryl methyl sites for hydroxylation is 1. The predicted molar refractivity (Wildman–Crippen MR) is 89.4 cm³/mol. The van der Waals surface area contributed by atoms with Crippen LogP contribution in [0.5, 0.6) is 0 Å². The van der Waals surface area contributed by atoms with Crippen molar-refractivity contribution in [2.45, 2.75) is 13.0 Å². The van der Waals surface area contributed by atoms with E-state index in [9.17, 15) is 0 Å². The van der Waals surface area contributed by atoms with Crippen molar-refractivity contribution in [3.8, 4) is 11.4 Å². The quantitative estimate of drug-likeness (QED) is 0.552. The van der Waals surface area contributed by atoms with Crippen LogP contribution in [0.25, 0.3) is 17.0 Å². The van der Waals surface area contributed by atoms with Gasteiger partial charge in [-0.05, 0) is 30.0 Å². The Morgan fingerprint density at radius 2 is 2.17 bits per heavy atom. The fraction of sp³-hybridized carbons (Fsp3) is 0.200. The van der Waals surface area contributed by atoms with Gasteiger partial charge >= 0.3 is 0 Å². The summed E-state index contributed by atoms with van der Waals surface area (Å²) in [4.78, 5) is 4.04. The van der Waals surface area contributed by atoms with Crippen LogP contribution in [0.3, 0.4) is 0 Å². The van der Waals surface area contributed by atoms with Crippen molar-refractivity contribution in [2.75, 3.05) is 11.9 Å². The van der Waals surface area contributed by atoms with Crippen LogP contribution in [0, 0.1) is 0 Å². The number of aromatic nitrogens is 6. The highest BCUT2D eigenvalue weighted by atomic mass is 32.1. The zero-order chi connectivity index (χ0) is 15.5. The van der Waals surface area contributed by atoms with Crippen LogP contribution in [0.15, 0.2) is 47.7 Å². The summed E-state index contributed by atoms with van der Waals surface area (Å²) in [7, 11) is 0. The molecule has 1 N–H and O–H groups in total. The second-order valence-corrected chi connectivity index (χ2v) is 5.89. The van der Waals surface area contributed by atoms with Crippen LogP contribution in [0.1, 0.15) is 6.42 Å². The van der Waals surface area contributed by atoms with E-state index >= 15 is 0 Å². The lowest BCUT2D eigenvalue weighted by atomic mass is 10.3. The minimum absolute atomic E-state index is 0.746. The molecule has 0 saturated carbocycles. The summed E-state index contributed by atoms with van der Waals surface area (Å²) >= 11 is 1.63. The number of nitrogens with zero attached hydrogens (tertiary/aromatic N) is 6. The SMILES string of the molecule is c1cn(CCCNc2ccc3nnc(-c4ccsc4)n3n2)cn1. The zero-order valence-corrected chi connectivity index (χ0v) is 13.1. The third-order valence-corrected chi connectivity index (χ3v) is 4.18. The van der Waals surface area contributed by atoms with Gasteiger partial charge in [0, 0.05) is 36.4 Å². The Balaban J connectivity index is 1.46. The van der Waals surface area contributed by atoms with Crippen LogP contribution >= 0.6 is 11.3 Å². The first-order valence-electron chi connectivity index (χ1n) is 7.35. The normalized spacial score (nSPS) is 11.1. The fourth-order valence-corrected chi connectivity index (χ4v) is 2.99.